The zero-order chi connectivity index (χ0) is 13.7. The Morgan fingerprint density at radius 1 is 1.32 bits per heavy atom. The Balaban J connectivity index is 2.07. The second-order valence-electron chi connectivity index (χ2n) is 5.49. The lowest BCUT2D eigenvalue weighted by atomic mass is 10.0. The first kappa shape index (κ1) is 12.2. The Morgan fingerprint density at radius 2 is 2.00 bits per heavy atom. The maximum Gasteiger partial charge on any atom is 0.270 e. The molecule has 4 heteroatoms. The lowest BCUT2D eigenvalue weighted by Crippen LogP contribution is -2.53. The fourth-order valence-electron chi connectivity index (χ4n) is 2.78. The van der Waals surface area contributed by atoms with Crippen LogP contribution in [0.15, 0.2) is 12.1 Å². The summed E-state index contributed by atoms with van der Waals surface area (Å²) >= 11 is 0. The molecule has 1 fully saturated rings. The molecule has 0 atom stereocenters. The Morgan fingerprint density at radius 3 is 2.63 bits per heavy atom. The summed E-state index contributed by atoms with van der Waals surface area (Å²) < 4.78 is 0. The number of nitrogens with one attached hydrogen (secondary N) is 1. The van der Waals surface area contributed by atoms with E-state index >= 15 is 0 Å². The third kappa shape index (κ3) is 1.83. The molecule has 100 valence electrons. The largest absolute Gasteiger partial charge is 0.389 e. The molecule has 0 bridgehead atoms. The van der Waals surface area contributed by atoms with E-state index in [-0.39, 0.29) is 12.0 Å². The van der Waals surface area contributed by atoms with Crippen molar-refractivity contribution in [1.82, 2.24) is 9.88 Å². The number of fused-ring (bicyclic) bond motifs is 1. The van der Waals surface area contributed by atoms with Crippen LogP contribution in [0.25, 0.3) is 10.9 Å². The Hall–Kier alpha value is -1.81. The maximum atomic E-state index is 12.3. The van der Waals surface area contributed by atoms with Gasteiger partial charge in [0.2, 0.25) is 0 Å². The number of rotatable bonds is 1. The first-order valence-electron chi connectivity index (χ1n) is 6.54. The van der Waals surface area contributed by atoms with E-state index in [0.717, 1.165) is 22.0 Å². The normalized spacial score (nSPS) is 15.9. The smallest absolute Gasteiger partial charge is 0.270 e. The van der Waals surface area contributed by atoms with Crippen LogP contribution in [0, 0.1) is 20.8 Å². The van der Waals surface area contributed by atoms with Crippen LogP contribution in [-0.2, 0) is 0 Å². The number of hydrogen-bond donors (Lipinski definition) is 2. The predicted molar refractivity (Wildman–Crippen MR) is 74.4 cm³/mol. The Kier molecular flexibility index (Phi) is 2.64. The highest BCUT2D eigenvalue weighted by atomic mass is 16.3. The molecule has 1 amide bonds. The number of likely N-dealkylation sites (tertiary alicyclic amines) is 1. The average molecular weight is 258 g/mol. The lowest BCUT2D eigenvalue weighted by Gasteiger charge is -2.35. The predicted octanol–water partition coefficient (Wildman–Crippen LogP) is 1.91. The van der Waals surface area contributed by atoms with Crippen molar-refractivity contribution in [3.8, 4) is 0 Å². The molecule has 1 saturated heterocycles. The number of aromatic nitrogens is 1. The van der Waals surface area contributed by atoms with Gasteiger partial charge in [0.05, 0.1) is 6.10 Å². The van der Waals surface area contributed by atoms with Gasteiger partial charge in [0.25, 0.3) is 5.91 Å². The second kappa shape index (κ2) is 4.10. The summed E-state index contributed by atoms with van der Waals surface area (Å²) in [4.78, 5) is 17.3. The lowest BCUT2D eigenvalue weighted by molar-refractivity contribution is 0.00551. The summed E-state index contributed by atoms with van der Waals surface area (Å²) in [6, 6.07) is 4.22. The summed E-state index contributed by atoms with van der Waals surface area (Å²) in [5.74, 6) is -0.0175. The van der Waals surface area contributed by atoms with Gasteiger partial charge in [0, 0.05) is 24.0 Å². The van der Waals surface area contributed by atoms with Gasteiger partial charge in [0.15, 0.2) is 0 Å². The highest BCUT2D eigenvalue weighted by Crippen LogP contribution is 2.27. The van der Waals surface area contributed by atoms with E-state index in [1.54, 1.807) is 4.90 Å². The number of hydrogen-bond acceptors (Lipinski definition) is 2. The van der Waals surface area contributed by atoms with Crippen molar-refractivity contribution in [2.24, 2.45) is 0 Å². The number of aliphatic hydroxyl groups excluding tert-OH is 1. The monoisotopic (exact) mass is 258 g/mol. The van der Waals surface area contributed by atoms with Gasteiger partial charge in [-0.2, -0.15) is 0 Å². The summed E-state index contributed by atoms with van der Waals surface area (Å²) in [5, 5.41) is 10.4. The molecule has 2 aromatic rings. The summed E-state index contributed by atoms with van der Waals surface area (Å²) in [6.45, 7) is 6.96. The van der Waals surface area contributed by atoms with Crippen molar-refractivity contribution in [3.63, 3.8) is 0 Å². The van der Waals surface area contributed by atoms with Crippen molar-refractivity contribution in [1.29, 1.82) is 0 Å². The molecule has 1 aliphatic rings. The van der Waals surface area contributed by atoms with E-state index in [1.807, 2.05) is 13.8 Å². The minimum Gasteiger partial charge on any atom is -0.389 e. The number of β-amino-alcohol motifs (C(OH)–C–C–N with tert-alkyl or cyclic N) is 1. The van der Waals surface area contributed by atoms with Gasteiger partial charge in [0.1, 0.15) is 5.69 Å². The van der Waals surface area contributed by atoms with Crippen LogP contribution in [-0.4, -0.2) is 40.1 Å². The van der Waals surface area contributed by atoms with Crippen molar-refractivity contribution < 1.29 is 9.90 Å². The number of carbonyl (C=O) groups excluding carboxylic acids is 1. The van der Waals surface area contributed by atoms with Crippen LogP contribution < -0.4 is 0 Å². The van der Waals surface area contributed by atoms with Crippen molar-refractivity contribution >= 4 is 16.8 Å². The molecule has 1 aromatic carbocycles. The molecule has 1 aliphatic heterocycles. The molecule has 2 N–H and O–H groups in total. The van der Waals surface area contributed by atoms with Gasteiger partial charge in [-0.15, -0.1) is 0 Å². The Labute approximate surface area is 112 Å². The van der Waals surface area contributed by atoms with Gasteiger partial charge < -0.3 is 15.0 Å². The van der Waals surface area contributed by atoms with Crippen LogP contribution in [0.4, 0.5) is 0 Å². The molecule has 0 spiro atoms. The fourth-order valence-corrected chi connectivity index (χ4v) is 2.78. The molecule has 19 heavy (non-hydrogen) atoms. The third-order valence-corrected chi connectivity index (χ3v) is 3.87. The molecule has 0 aliphatic carbocycles. The van der Waals surface area contributed by atoms with E-state index in [1.165, 1.54) is 5.56 Å². The molecule has 4 nitrogen and oxygen atoms in total. The highest BCUT2D eigenvalue weighted by Gasteiger charge is 2.31. The van der Waals surface area contributed by atoms with Crippen molar-refractivity contribution in [3.05, 3.63) is 34.5 Å². The maximum absolute atomic E-state index is 12.3. The number of amides is 1. The number of H-pyrrole nitrogens is 1. The van der Waals surface area contributed by atoms with E-state index < -0.39 is 0 Å². The number of aryl methyl sites for hydroxylation is 3. The SMILES string of the molecule is Cc1cc(C)c2[nH]c(C(=O)N3CC(O)C3)c(C)c2c1. The number of aromatic amines is 1. The van der Waals surface area contributed by atoms with E-state index in [0.29, 0.717) is 18.8 Å². The van der Waals surface area contributed by atoms with Gasteiger partial charge in [-0.3, -0.25) is 4.79 Å². The second-order valence-corrected chi connectivity index (χ2v) is 5.49. The standard InChI is InChI=1S/C15H18N2O2/c1-8-4-9(2)13-12(5-8)10(3)14(16-13)15(19)17-6-11(18)7-17/h4-5,11,16,18H,6-7H2,1-3H3. The zero-order valence-corrected chi connectivity index (χ0v) is 11.4. The van der Waals surface area contributed by atoms with Gasteiger partial charge in [-0.25, -0.2) is 0 Å². The van der Waals surface area contributed by atoms with Crippen LogP contribution >= 0.6 is 0 Å². The van der Waals surface area contributed by atoms with Gasteiger partial charge in [-0.05, 0) is 38.0 Å². The molecule has 2 heterocycles. The number of carbonyl (C=O) groups is 1. The molecule has 3 rings (SSSR count). The first-order chi connectivity index (χ1) is 8.97. The minimum absolute atomic E-state index is 0.0175. The summed E-state index contributed by atoms with van der Waals surface area (Å²) in [7, 11) is 0. The molecule has 0 unspecified atom stereocenters. The number of benzene rings is 1. The zero-order valence-electron chi connectivity index (χ0n) is 11.4. The highest BCUT2D eigenvalue weighted by molar-refractivity contribution is 6.02. The van der Waals surface area contributed by atoms with Crippen LogP contribution in [0.2, 0.25) is 0 Å². The molecular weight excluding hydrogens is 240 g/mol. The van der Waals surface area contributed by atoms with Crippen LogP contribution in [0.1, 0.15) is 27.2 Å². The quantitative estimate of drug-likeness (QED) is 0.821. The average Bonchev–Trinajstić information content (AvgIpc) is 2.63. The number of nitrogens with zero attached hydrogens (tertiary/aromatic N) is 1. The van der Waals surface area contributed by atoms with Crippen molar-refractivity contribution in [2.45, 2.75) is 26.9 Å². The van der Waals surface area contributed by atoms with Gasteiger partial charge >= 0.3 is 0 Å². The van der Waals surface area contributed by atoms with Crippen LogP contribution in [0.5, 0.6) is 0 Å². The van der Waals surface area contributed by atoms with E-state index in [4.69, 9.17) is 0 Å². The Bertz CT molecular complexity index is 666. The van der Waals surface area contributed by atoms with Crippen LogP contribution in [0.3, 0.4) is 0 Å². The third-order valence-electron chi connectivity index (χ3n) is 3.87. The van der Waals surface area contributed by atoms with Crippen molar-refractivity contribution in [2.75, 3.05) is 13.1 Å². The topological polar surface area (TPSA) is 56.3 Å². The first-order valence-corrected chi connectivity index (χ1v) is 6.54. The van der Waals surface area contributed by atoms with E-state index in [9.17, 15) is 9.90 Å². The summed E-state index contributed by atoms with van der Waals surface area (Å²) in [5.41, 5.74) is 5.03. The molecule has 1 aromatic heterocycles. The van der Waals surface area contributed by atoms with E-state index in [2.05, 4.69) is 24.0 Å². The molecular formula is C15H18N2O2. The molecule has 0 saturated carbocycles. The fraction of sp³-hybridized carbons (Fsp3) is 0.400. The minimum atomic E-state index is -0.363. The van der Waals surface area contributed by atoms with Gasteiger partial charge in [-0.1, -0.05) is 11.6 Å². The summed E-state index contributed by atoms with van der Waals surface area (Å²) in [6.07, 6.45) is -0.363. The number of aliphatic hydroxyl groups is 1. The molecule has 0 radical (unpaired) electrons.